The van der Waals surface area contributed by atoms with E-state index in [2.05, 4.69) is 11.9 Å². The Kier molecular flexibility index (Phi) is 2.72. The Hall–Kier alpha value is -2.10. The lowest BCUT2D eigenvalue weighted by Crippen LogP contribution is -2.33. The zero-order valence-electron chi connectivity index (χ0n) is 8.77. The highest BCUT2D eigenvalue weighted by molar-refractivity contribution is 6.08. The van der Waals surface area contributed by atoms with Crippen LogP contribution in [0, 0.1) is 0 Å². The molecule has 0 spiro atoms. The lowest BCUT2D eigenvalue weighted by Gasteiger charge is -2.19. The lowest BCUT2D eigenvalue weighted by atomic mass is 10.1. The van der Waals surface area contributed by atoms with Crippen LogP contribution in [0.5, 0.6) is 0 Å². The first-order valence-corrected chi connectivity index (χ1v) is 5.05. The Morgan fingerprint density at radius 3 is 2.94 bits per heavy atom. The van der Waals surface area contributed by atoms with Gasteiger partial charge in [-0.1, -0.05) is 18.7 Å². The van der Waals surface area contributed by atoms with Crippen LogP contribution >= 0.6 is 0 Å². The molecule has 0 atom stereocenters. The standard InChI is InChI=1S/C12H12N2O2/c1-2-11(15)14-8-7-13-12(16)9-5-3-4-6-10(9)14/h2-6H,1,7-8H2,(H,13,16). The number of nitrogens with zero attached hydrogens (tertiary/aromatic N) is 1. The fourth-order valence-electron chi connectivity index (χ4n) is 1.74. The van der Waals surface area contributed by atoms with Crippen molar-refractivity contribution in [3.05, 3.63) is 42.5 Å². The Balaban J connectivity index is 2.50. The maximum absolute atomic E-state index is 11.7. The first-order chi connectivity index (χ1) is 7.74. The zero-order valence-corrected chi connectivity index (χ0v) is 8.77. The SMILES string of the molecule is C=CC(=O)N1CCNC(=O)c2ccccc21. The summed E-state index contributed by atoms with van der Waals surface area (Å²) in [5, 5.41) is 2.74. The van der Waals surface area contributed by atoms with E-state index in [9.17, 15) is 9.59 Å². The molecule has 4 nitrogen and oxygen atoms in total. The number of hydrogen-bond donors (Lipinski definition) is 1. The van der Waals surface area contributed by atoms with E-state index in [1.807, 2.05) is 0 Å². The molecule has 0 radical (unpaired) electrons. The van der Waals surface area contributed by atoms with Crippen LogP contribution in [-0.4, -0.2) is 24.9 Å². The molecule has 16 heavy (non-hydrogen) atoms. The van der Waals surface area contributed by atoms with Gasteiger partial charge in [-0.3, -0.25) is 9.59 Å². The van der Waals surface area contributed by atoms with E-state index in [0.29, 0.717) is 24.3 Å². The van der Waals surface area contributed by atoms with E-state index in [1.54, 1.807) is 29.2 Å². The second-order valence-corrected chi connectivity index (χ2v) is 3.47. The van der Waals surface area contributed by atoms with Crippen LogP contribution in [0.15, 0.2) is 36.9 Å². The van der Waals surface area contributed by atoms with E-state index >= 15 is 0 Å². The molecule has 0 aliphatic carbocycles. The molecular formula is C12H12N2O2. The summed E-state index contributed by atoms with van der Waals surface area (Å²) in [6.07, 6.45) is 1.26. The van der Waals surface area contributed by atoms with Gasteiger partial charge >= 0.3 is 0 Å². The predicted octanol–water partition coefficient (Wildman–Crippen LogP) is 0.949. The molecule has 4 heteroatoms. The average molecular weight is 216 g/mol. The molecule has 0 bridgehead atoms. The first-order valence-electron chi connectivity index (χ1n) is 5.05. The van der Waals surface area contributed by atoms with Crippen molar-refractivity contribution in [1.29, 1.82) is 0 Å². The second-order valence-electron chi connectivity index (χ2n) is 3.47. The number of carbonyl (C=O) groups is 2. The highest BCUT2D eigenvalue weighted by Crippen LogP contribution is 2.22. The van der Waals surface area contributed by atoms with Crippen LogP contribution in [0.3, 0.4) is 0 Å². The highest BCUT2D eigenvalue weighted by Gasteiger charge is 2.22. The van der Waals surface area contributed by atoms with Gasteiger partial charge in [-0.25, -0.2) is 0 Å². The van der Waals surface area contributed by atoms with Crippen molar-refractivity contribution in [3.8, 4) is 0 Å². The van der Waals surface area contributed by atoms with E-state index in [0.717, 1.165) is 0 Å². The number of carbonyl (C=O) groups excluding carboxylic acids is 2. The van der Waals surface area contributed by atoms with Gasteiger partial charge in [0.15, 0.2) is 0 Å². The van der Waals surface area contributed by atoms with Crippen molar-refractivity contribution in [1.82, 2.24) is 5.32 Å². The van der Waals surface area contributed by atoms with Crippen LogP contribution < -0.4 is 10.2 Å². The molecule has 1 heterocycles. The average Bonchev–Trinajstić information content (AvgIpc) is 2.49. The number of rotatable bonds is 1. The molecule has 0 fully saturated rings. The van der Waals surface area contributed by atoms with Crippen molar-refractivity contribution in [2.45, 2.75) is 0 Å². The molecule has 82 valence electrons. The molecule has 0 unspecified atom stereocenters. The van der Waals surface area contributed by atoms with Crippen molar-refractivity contribution in [2.75, 3.05) is 18.0 Å². The Labute approximate surface area is 93.6 Å². The molecule has 1 aromatic carbocycles. The van der Waals surface area contributed by atoms with Gasteiger partial charge in [0.1, 0.15) is 0 Å². The summed E-state index contributed by atoms with van der Waals surface area (Å²) in [5.74, 6) is -0.334. The zero-order chi connectivity index (χ0) is 11.5. The summed E-state index contributed by atoms with van der Waals surface area (Å²) < 4.78 is 0. The molecule has 1 aliphatic heterocycles. The monoisotopic (exact) mass is 216 g/mol. The number of amides is 2. The molecule has 1 N–H and O–H groups in total. The number of para-hydroxylation sites is 1. The van der Waals surface area contributed by atoms with Crippen LogP contribution in [-0.2, 0) is 4.79 Å². The maximum Gasteiger partial charge on any atom is 0.253 e. The minimum absolute atomic E-state index is 0.144. The summed E-state index contributed by atoms with van der Waals surface area (Å²) in [7, 11) is 0. The van der Waals surface area contributed by atoms with Crippen LogP contribution in [0.1, 0.15) is 10.4 Å². The molecule has 2 amide bonds. The van der Waals surface area contributed by atoms with Gasteiger partial charge in [-0.15, -0.1) is 0 Å². The van der Waals surface area contributed by atoms with Gasteiger partial charge < -0.3 is 10.2 Å². The van der Waals surface area contributed by atoms with Crippen molar-refractivity contribution >= 4 is 17.5 Å². The van der Waals surface area contributed by atoms with E-state index < -0.39 is 0 Å². The van der Waals surface area contributed by atoms with Gasteiger partial charge in [0, 0.05) is 13.1 Å². The van der Waals surface area contributed by atoms with E-state index in [1.165, 1.54) is 6.08 Å². The Morgan fingerprint density at radius 1 is 1.44 bits per heavy atom. The van der Waals surface area contributed by atoms with Gasteiger partial charge in [0.25, 0.3) is 5.91 Å². The highest BCUT2D eigenvalue weighted by atomic mass is 16.2. The molecule has 0 saturated heterocycles. The molecular weight excluding hydrogens is 204 g/mol. The number of benzene rings is 1. The van der Waals surface area contributed by atoms with Gasteiger partial charge in [-0.05, 0) is 18.2 Å². The Bertz CT molecular complexity index is 454. The van der Waals surface area contributed by atoms with Crippen molar-refractivity contribution in [2.24, 2.45) is 0 Å². The largest absolute Gasteiger partial charge is 0.350 e. The topological polar surface area (TPSA) is 49.4 Å². The van der Waals surface area contributed by atoms with E-state index in [4.69, 9.17) is 0 Å². The van der Waals surface area contributed by atoms with Crippen molar-refractivity contribution < 1.29 is 9.59 Å². The van der Waals surface area contributed by atoms with Crippen LogP contribution in [0.2, 0.25) is 0 Å². The minimum Gasteiger partial charge on any atom is -0.350 e. The molecule has 1 aliphatic rings. The maximum atomic E-state index is 11.7. The molecule has 0 saturated carbocycles. The summed E-state index contributed by atoms with van der Waals surface area (Å²) >= 11 is 0. The lowest BCUT2D eigenvalue weighted by molar-refractivity contribution is -0.114. The van der Waals surface area contributed by atoms with Crippen LogP contribution in [0.25, 0.3) is 0 Å². The molecule has 0 aromatic heterocycles. The second kappa shape index (κ2) is 4.18. The quantitative estimate of drug-likeness (QED) is 0.710. The Morgan fingerprint density at radius 2 is 2.19 bits per heavy atom. The number of nitrogens with one attached hydrogen (secondary N) is 1. The summed E-state index contributed by atoms with van der Waals surface area (Å²) in [6.45, 7) is 4.38. The summed E-state index contributed by atoms with van der Waals surface area (Å²) in [5.41, 5.74) is 1.16. The van der Waals surface area contributed by atoms with Gasteiger partial charge in [0.05, 0.1) is 11.3 Å². The number of fused-ring (bicyclic) bond motifs is 1. The summed E-state index contributed by atoms with van der Waals surface area (Å²) in [6, 6.07) is 7.06. The minimum atomic E-state index is -0.191. The molecule has 2 rings (SSSR count). The smallest absolute Gasteiger partial charge is 0.253 e. The third kappa shape index (κ3) is 1.69. The van der Waals surface area contributed by atoms with E-state index in [-0.39, 0.29) is 11.8 Å². The summed E-state index contributed by atoms with van der Waals surface area (Å²) in [4.78, 5) is 24.9. The number of anilines is 1. The van der Waals surface area contributed by atoms with Crippen molar-refractivity contribution in [3.63, 3.8) is 0 Å². The normalized spacial score (nSPS) is 14.8. The fourth-order valence-corrected chi connectivity index (χ4v) is 1.74. The third-order valence-electron chi connectivity index (χ3n) is 2.50. The third-order valence-corrected chi connectivity index (χ3v) is 2.50. The number of hydrogen-bond acceptors (Lipinski definition) is 2. The van der Waals surface area contributed by atoms with Gasteiger partial charge in [0.2, 0.25) is 5.91 Å². The van der Waals surface area contributed by atoms with Crippen LogP contribution in [0.4, 0.5) is 5.69 Å². The molecule has 1 aromatic rings. The predicted molar refractivity (Wildman–Crippen MR) is 61.3 cm³/mol. The first kappa shape index (κ1) is 10.4. The fraction of sp³-hybridized carbons (Fsp3) is 0.167. The van der Waals surface area contributed by atoms with Gasteiger partial charge in [-0.2, -0.15) is 0 Å².